The topological polar surface area (TPSA) is 20.2 Å². The number of aliphatic hydroxyl groups is 1. The molecule has 1 unspecified atom stereocenters. The molecule has 0 aromatic heterocycles. The van der Waals surface area contributed by atoms with Crippen molar-refractivity contribution in [2.24, 2.45) is 0 Å². The van der Waals surface area contributed by atoms with E-state index in [9.17, 15) is 8.78 Å². The van der Waals surface area contributed by atoms with Crippen LogP contribution in [0.2, 0.25) is 0 Å². The Bertz CT molecular complexity index is 242. The molecule has 1 nitrogen and oxygen atoms in total. The van der Waals surface area contributed by atoms with Gasteiger partial charge >= 0.3 is 0 Å². The molecule has 1 atom stereocenters. The standard InChI is InChI=1S/C7H5ClF2O/c8-7(11)4-1-5(9)3-6(10)2-4/h1-3,7,11H. The predicted octanol–water partition coefficient (Wildman–Crippen LogP) is 2.19. The molecule has 0 saturated carbocycles. The average molecular weight is 179 g/mol. The summed E-state index contributed by atoms with van der Waals surface area (Å²) < 4.78 is 24.8. The lowest BCUT2D eigenvalue weighted by Crippen LogP contribution is -1.90. The van der Waals surface area contributed by atoms with Crippen LogP contribution in [0, 0.1) is 11.6 Å². The number of benzene rings is 1. The molecule has 0 spiro atoms. The highest BCUT2D eigenvalue weighted by molar-refractivity contribution is 6.19. The lowest BCUT2D eigenvalue weighted by molar-refractivity contribution is 0.261. The molecular weight excluding hydrogens is 174 g/mol. The van der Waals surface area contributed by atoms with Crippen molar-refractivity contribution < 1.29 is 13.9 Å². The summed E-state index contributed by atoms with van der Waals surface area (Å²) in [5, 5.41) is 8.70. The fourth-order valence-corrected chi connectivity index (χ4v) is 0.839. The van der Waals surface area contributed by atoms with Crippen LogP contribution in [-0.2, 0) is 0 Å². The smallest absolute Gasteiger partial charge is 0.153 e. The maximum Gasteiger partial charge on any atom is 0.153 e. The van der Waals surface area contributed by atoms with E-state index in [1.54, 1.807) is 0 Å². The summed E-state index contributed by atoms with van der Waals surface area (Å²) in [7, 11) is 0. The van der Waals surface area contributed by atoms with Crippen molar-refractivity contribution >= 4 is 11.6 Å². The Morgan fingerprint density at radius 2 is 1.64 bits per heavy atom. The molecule has 1 aromatic carbocycles. The Kier molecular flexibility index (Phi) is 2.42. The van der Waals surface area contributed by atoms with Gasteiger partial charge in [0.1, 0.15) is 11.6 Å². The van der Waals surface area contributed by atoms with E-state index in [2.05, 4.69) is 0 Å². The predicted molar refractivity (Wildman–Crippen MR) is 37.2 cm³/mol. The van der Waals surface area contributed by atoms with Crippen molar-refractivity contribution in [1.82, 2.24) is 0 Å². The largest absolute Gasteiger partial charge is 0.373 e. The van der Waals surface area contributed by atoms with Crippen molar-refractivity contribution in [3.05, 3.63) is 35.4 Å². The van der Waals surface area contributed by atoms with Crippen LogP contribution in [0.25, 0.3) is 0 Å². The minimum Gasteiger partial charge on any atom is -0.373 e. The van der Waals surface area contributed by atoms with Crippen LogP contribution in [0.3, 0.4) is 0 Å². The average Bonchev–Trinajstić information content (AvgIpc) is 1.85. The number of hydrogen-bond acceptors (Lipinski definition) is 1. The molecule has 0 amide bonds. The van der Waals surface area contributed by atoms with Gasteiger partial charge in [-0.2, -0.15) is 0 Å². The summed E-state index contributed by atoms with van der Waals surface area (Å²) in [5.41, 5.74) is -1.34. The van der Waals surface area contributed by atoms with E-state index in [1.807, 2.05) is 0 Å². The monoisotopic (exact) mass is 178 g/mol. The third-order valence-corrected chi connectivity index (χ3v) is 1.41. The molecule has 0 heterocycles. The van der Waals surface area contributed by atoms with Gasteiger partial charge in [-0.3, -0.25) is 0 Å². The normalized spacial score (nSPS) is 13.1. The second-order valence-electron chi connectivity index (χ2n) is 2.04. The van der Waals surface area contributed by atoms with E-state index in [-0.39, 0.29) is 5.56 Å². The maximum absolute atomic E-state index is 12.4. The summed E-state index contributed by atoms with van der Waals surface area (Å²) in [4.78, 5) is 0. The van der Waals surface area contributed by atoms with E-state index in [0.29, 0.717) is 6.07 Å². The number of alkyl halides is 1. The van der Waals surface area contributed by atoms with Gasteiger partial charge in [0.05, 0.1) is 0 Å². The molecule has 60 valence electrons. The summed E-state index contributed by atoms with van der Waals surface area (Å²) in [5.74, 6) is -1.50. The van der Waals surface area contributed by atoms with Gasteiger partial charge in [-0.25, -0.2) is 8.78 Å². The molecule has 1 rings (SSSR count). The lowest BCUT2D eigenvalue weighted by atomic mass is 10.2. The van der Waals surface area contributed by atoms with Crippen LogP contribution in [0.4, 0.5) is 8.78 Å². The summed E-state index contributed by atoms with van der Waals surface area (Å²) in [6.45, 7) is 0. The minimum absolute atomic E-state index is 0.0177. The van der Waals surface area contributed by atoms with Gasteiger partial charge in [0.15, 0.2) is 5.56 Å². The van der Waals surface area contributed by atoms with E-state index >= 15 is 0 Å². The van der Waals surface area contributed by atoms with Gasteiger partial charge in [0.2, 0.25) is 0 Å². The molecule has 0 aliphatic rings. The molecule has 0 aliphatic carbocycles. The second kappa shape index (κ2) is 3.15. The molecule has 0 fully saturated rings. The first-order chi connectivity index (χ1) is 5.09. The van der Waals surface area contributed by atoms with Crippen molar-refractivity contribution in [3.63, 3.8) is 0 Å². The third kappa shape index (κ3) is 2.13. The first kappa shape index (κ1) is 8.43. The number of rotatable bonds is 1. The quantitative estimate of drug-likeness (QED) is 0.654. The van der Waals surface area contributed by atoms with Gasteiger partial charge in [-0.05, 0) is 12.1 Å². The molecule has 1 N–H and O–H groups in total. The first-order valence-corrected chi connectivity index (χ1v) is 3.31. The van der Waals surface area contributed by atoms with Gasteiger partial charge in [0, 0.05) is 11.6 Å². The van der Waals surface area contributed by atoms with Crippen LogP contribution in [0.15, 0.2) is 18.2 Å². The molecule has 0 bridgehead atoms. The third-order valence-electron chi connectivity index (χ3n) is 1.16. The Labute approximate surface area is 67.2 Å². The van der Waals surface area contributed by atoms with E-state index < -0.39 is 17.2 Å². The fourth-order valence-electron chi connectivity index (χ4n) is 0.713. The van der Waals surface area contributed by atoms with E-state index in [0.717, 1.165) is 12.1 Å². The number of halogens is 3. The zero-order valence-corrected chi connectivity index (χ0v) is 6.15. The Morgan fingerprint density at radius 1 is 1.18 bits per heavy atom. The molecule has 0 aliphatic heterocycles. The Balaban J connectivity index is 3.08. The summed E-state index contributed by atoms with van der Waals surface area (Å²) >= 11 is 5.17. The van der Waals surface area contributed by atoms with Crippen molar-refractivity contribution in [2.45, 2.75) is 5.56 Å². The molecular formula is C7H5ClF2O. The van der Waals surface area contributed by atoms with Crippen molar-refractivity contribution in [3.8, 4) is 0 Å². The number of hydrogen-bond donors (Lipinski definition) is 1. The van der Waals surface area contributed by atoms with E-state index in [1.165, 1.54) is 0 Å². The van der Waals surface area contributed by atoms with Gasteiger partial charge in [-0.15, -0.1) is 0 Å². The van der Waals surface area contributed by atoms with Crippen molar-refractivity contribution in [2.75, 3.05) is 0 Å². The van der Waals surface area contributed by atoms with Gasteiger partial charge in [-0.1, -0.05) is 11.6 Å². The zero-order valence-electron chi connectivity index (χ0n) is 5.39. The van der Waals surface area contributed by atoms with Crippen LogP contribution >= 0.6 is 11.6 Å². The highest BCUT2D eigenvalue weighted by Gasteiger charge is 2.05. The lowest BCUT2D eigenvalue weighted by Gasteiger charge is -2.01. The van der Waals surface area contributed by atoms with Crippen LogP contribution < -0.4 is 0 Å². The molecule has 11 heavy (non-hydrogen) atoms. The highest BCUT2D eigenvalue weighted by Crippen LogP contribution is 2.18. The first-order valence-electron chi connectivity index (χ1n) is 2.88. The van der Waals surface area contributed by atoms with E-state index in [4.69, 9.17) is 16.7 Å². The van der Waals surface area contributed by atoms with Crippen LogP contribution in [0.1, 0.15) is 11.1 Å². The Morgan fingerprint density at radius 3 is 2.00 bits per heavy atom. The molecule has 1 aromatic rings. The minimum atomic E-state index is -1.36. The summed E-state index contributed by atoms with van der Waals surface area (Å²) in [6.07, 6.45) is 0. The Hall–Kier alpha value is -0.670. The van der Waals surface area contributed by atoms with Crippen LogP contribution in [0.5, 0.6) is 0 Å². The van der Waals surface area contributed by atoms with Gasteiger partial charge < -0.3 is 5.11 Å². The van der Waals surface area contributed by atoms with Crippen LogP contribution in [-0.4, -0.2) is 5.11 Å². The molecule has 4 heteroatoms. The fraction of sp³-hybridized carbons (Fsp3) is 0.143. The van der Waals surface area contributed by atoms with Crippen molar-refractivity contribution in [1.29, 1.82) is 0 Å². The SMILES string of the molecule is OC(Cl)c1cc(F)cc(F)c1. The zero-order chi connectivity index (χ0) is 8.43. The second-order valence-corrected chi connectivity index (χ2v) is 2.45. The maximum atomic E-state index is 12.4. The number of aliphatic hydroxyl groups excluding tert-OH is 1. The van der Waals surface area contributed by atoms with Gasteiger partial charge in [0.25, 0.3) is 0 Å². The summed E-state index contributed by atoms with van der Waals surface area (Å²) in [6, 6.07) is 2.66. The highest BCUT2D eigenvalue weighted by atomic mass is 35.5. The molecule has 0 radical (unpaired) electrons. The molecule has 0 saturated heterocycles.